The molecule has 0 saturated carbocycles. The molecule has 1 aliphatic heterocycles. The smallest absolute Gasteiger partial charge is 0.273 e. The first-order valence-electron chi connectivity index (χ1n) is 10.0. The van der Waals surface area contributed by atoms with Crippen molar-refractivity contribution in [2.75, 3.05) is 19.4 Å². The van der Waals surface area contributed by atoms with Crippen LogP contribution < -0.4 is 10.5 Å². The molecule has 1 amide bonds. The minimum atomic E-state index is -0.221. The van der Waals surface area contributed by atoms with Crippen molar-refractivity contribution in [2.24, 2.45) is 0 Å². The molecule has 0 aliphatic carbocycles. The molecule has 0 spiro atoms. The summed E-state index contributed by atoms with van der Waals surface area (Å²) in [6.07, 6.45) is 5.07. The van der Waals surface area contributed by atoms with E-state index in [0.717, 1.165) is 36.3 Å². The molecule has 0 unspecified atom stereocenters. The Balaban J connectivity index is 1.55. The molecule has 2 aromatic heterocycles. The molecule has 0 radical (unpaired) electrons. The minimum Gasteiger partial charge on any atom is -0.497 e. The number of rotatable bonds is 5. The number of aromatic nitrogens is 3. The van der Waals surface area contributed by atoms with Crippen molar-refractivity contribution < 1.29 is 13.9 Å². The van der Waals surface area contributed by atoms with E-state index in [1.807, 2.05) is 24.3 Å². The van der Waals surface area contributed by atoms with Crippen LogP contribution in [0.4, 0.5) is 5.95 Å². The number of benzene rings is 1. The third-order valence-corrected chi connectivity index (χ3v) is 5.22. The molecule has 2 N–H and O–H groups in total. The number of piperidine rings is 1. The van der Waals surface area contributed by atoms with E-state index < -0.39 is 0 Å². The number of carbonyl (C=O) groups excluding carboxylic acids is 1. The standard InChI is InChI=1S/C22H25N5O3/c1-14-10-18(26-22(23)25-14)21(28)27-9-4-3-8-19(27)20-24-13-17(30-20)12-15-6-5-7-16(11-15)29-2/h5-7,10-11,13,19H,3-4,8-9,12H2,1-2H3,(H2,23,25,26)/t19-/m1/s1. The van der Waals surface area contributed by atoms with E-state index in [0.29, 0.717) is 30.2 Å². The zero-order valence-corrected chi connectivity index (χ0v) is 17.2. The van der Waals surface area contributed by atoms with Gasteiger partial charge < -0.3 is 19.8 Å². The topological polar surface area (TPSA) is 107 Å². The number of amides is 1. The molecular formula is C22H25N5O3. The fourth-order valence-electron chi connectivity index (χ4n) is 3.82. The molecule has 1 fully saturated rings. The van der Waals surface area contributed by atoms with Crippen molar-refractivity contribution in [3.8, 4) is 5.75 Å². The van der Waals surface area contributed by atoms with E-state index in [1.54, 1.807) is 31.2 Å². The van der Waals surface area contributed by atoms with Crippen LogP contribution in [0.15, 0.2) is 40.9 Å². The molecule has 156 valence electrons. The first-order valence-corrected chi connectivity index (χ1v) is 10.0. The second-order valence-electron chi connectivity index (χ2n) is 7.46. The molecular weight excluding hydrogens is 382 g/mol. The summed E-state index contributed by atoms with van der Waals surface area (Å²) in [7, 11) is 1.65. The van der Waals surface area contributed by atoms with Crippen LogP contribution in [0, 0.1) is 6.92 Å². The lowest BCUT2D eigenvalue weighted by Gasteiger charge is -2.33. The lowest BCUT2D eigenvalue weighted by atomic mass is 10.0. The highest BCUT2D eigenvalue weighted by atomic mass is 16.5. The number of hydrogen-bond donors (Lipinski definition) is 1. The van der Waals surface area contributed by atoms with Gasteiger partial charge in [-0.05, 0) is 49.9 Å². The highest BCUT2D eigenvalue weighted by Crippen LogP contribution is 2.32. The third-order valence-electron chi connectivity index (χ3n) is 5.22. The molecule has 1 aromatic carbocycles. The summed E-state index contributed by atoms with van der Waals surface area (Å²) < 4.78 is 11.3. The molecule has 8 nitrogen and oxygen atoms in total. The van der Waals surface area contributed by atoms with Crippen molar-refractivity contribution in [2.45, 2.75) is 38.6 Å². The predicted molar refractivity (Wildman–Crippen MR) is 111 cm³/mol. The number of likely N-dealkylation sites (tertiary alicyclic amines) is 1. The number of oxazole rings is 1. The number of nitrogens with zero attached hydrogens (tertiary/aromatic N) is 4. The summed E-state index contributed by atoms with van der Waals surface area (Å²) in [6.45, 7) is 2.42. The van der Waals surface area contributed by atoms with Gasteiger partial charge in [0.25, 0.3) is 5.91 Å². The Morgan fingerprint density at radius 1 is 1.30 bits per heavy atom. The van der Waals surface area contributed by atoms with Crippen LogP contribution in [-0.4, -0.2) is 39.4 Å². The highest BCUT2D eigenvalue weighted by Gasteiger charge is 2.32. The number of carbonyl (C=O) groups is 1. The molecule has 1 atom stereocenters. The summed E-state index contributed by atoms with van der Waals surface area (Å²) in [6, 6.07) is 9.28. The van der Waals surface area contributed by atoms with Crippen LogP contribution in [0.5, 0.6) is 5.75 Å². The van der Waals surface area contributed by atoms with Gasteiger partial charge in [0, 0.05) is 18.7 Å². The Kier molecular flexibility index (Phi) is 5.65. The van der Waals surface area contributed by atoms with E-state index in [4.69, 9.17) is 14.9 Å². The fourth-order valence-corrected chi connectivity index (χ4v) is 3.82. The number of ether oxygens (including phenoxy) is 1. The first-order chi connectivity index (χ1) is 14.5. The summed E-state index contributed by atoms with van der Waals surface area (Å²) in [5.41, 5.74) is 7.77. The van der Waals surface area contributed by atoms with Crippen molar-refractivity contribution in [3.63, 3.8) is 0 Å². The maximum absolute atomic E-state index is 13.2. The highest BCUT2D eigenvalue weighted by molar-refractivity contribution is 5.93. The molecule has 4 rings (SSSR count). The fraction of sp³-hybridized carbons (Fsp3) is 0.364. The van der Waals surface area contributed by atoms with Crippen LogP contribution in [0.2, 0.25) is 0 Å². The van der Waals surface area contributed by atoms with E-state index in [-0.39, 0.29) is 17.9 Å². The van der Waals surface area contributed by atoms with Crippen molar-refractivity contribution in [1.82, 2.24) is 19.9 Å². The minimum absolute atomic E-state index is 0.101. The Morgan fingerprint density at radius 2 is 2.17 bits per heavy atom. The van der Waals surface area contributed by atoms with Gasteiger partial charge in [-0.2, -0.15) is 0 Å². The van der Waals surface area contributed by atoms with Gasteiger partial charge in [0.1, 0.15) is 23.2 Å². The van der Waals surface area contributed by atoms with E-state index >= 15 is 0 Å². The van der Waals surface area contributed by atoms with E-state index in [2.05, 4.69) is 15.0 Å². The van der Waals surface area contributed by atoms with Gasteiger partial charge in [0.15, 0.2) is 0 Å². The number of nitrogens with two attached hydrogens (primary N) is 1. The number of aryl methyl sites for hydroxylation is 1. The van der Waals surface area contributed by atoms with Crippen molar-refractivity contribution >= 4 is 11.9 Å². The summed E-state index contributed by atoms with van der Waals surface area (Å²) >= 11 is 0. The van der Waals surface area contributed by atoms with Crippen molar-refractivity contribution in [1.29, 1.82) is 0 Å². The predicted octanol–water partition coefficient (Wildman–Crippen LogP) is 3.32. The third kappa shape index (κ3) is 4.27. The van der Waals surface area contributed by atoms with Gasteiger partial charge in [-0.15, -0.1) is 0 Å². The maximum atomic E-state index is 13.2. The second kappa shape index (κ2) is 8.52. The Bertz CT molecular complexity index is 1030. The largest absolute Gasteiger partial charge is 0.497 e. The monoisotopic (exact) mass is 407 g/mol. The SMILES string of the molecule is COc1cccc(Cc2cnc([C@H]3CCCCN3C(=O)c3cc(C)nc(N)n3)o2)c1. The molecule has 30 heavy (non-hydrogen) atoms. The summed E-state index contributed by atoms with van der Waals surface area (Å²) in [4.78, 5) is 27.6. The Hall–Kier alpha value is -3.42. The van der Waals surface area contributed by atoms with Gasteiger partial charge in [-0.25, -0.2) is 15.0 Å². The number of methoxy groups -OCH3 is 1. The lowest BCUT2D eigenvalue weighted by Crippen LogP contribution is -2.39. The average molecular weight is 407 g/mol. The second-order valence-corrected chi connectivity index (χ2v) is 7.46. The van der Waals surface area contributed by atoms with Crippen molar-refractivity contribution in [3.05, 3.63) is 65.1 Å². The van der Waals surface area contributed by atoms with Gasteiger partial charge in [-0.3, -0.25) is 4.79 Å². The van der Waals surface area contributed by atoms with Gasteiger partial charge in [0.05, 0.1) is 13.3 Å². The molecule has 0 bridgehead atoms. The molecule has 1 aliphatic rings. The van der Waals surface area contributed by atoms with E-state index in [1.165, 1.54) is 0 Å². The number of hydrogen-bond acceptors (Lipinski definition) is 7. The van der Waals surface area contributed by atoms with Crippen LogP contribution >= 0.6 is 0 Å². The van der Waals surface area contributed by atoms with Crippen LogP contribution in [0.1, 0.15) is 58.7 Å². The quantitative estimate of drug-likeness (QED) is 0.691. The summed E-state index contributed by atoms with van der Waals surface area (Å²) in [5, 5.41) is 0. The van der Waals surface area contributed by atoms with Crippen LogP contribution in [0.25, 0.3) is 0 Å². The first kappa shape index (κ1) is 19.9. The van der Waals surface area contributed by atoms with Gasteiger partial charge >= 0.3 is 0 Å². The maximum Gasteiger partial charge on any atom is 0.273 e. The Morgan fingerprint density at radius 3 is 2.97 bits per heavy atom. The summed E-state index contributed by atoms with van der Waals surface area (Å²) in [5.74, 6) is 2.03. The average Bonchev–Trinajstić information content (AvgIpc) is 3.21. The zero-order chi connectivity index (χ0) is 21.1. The van der Waals surface area contributed by atoms with Gasteiger partial charge in [0.2, 0.25) is 11.8 Å². The molecule has 3 heterocycles. The van der Waals surface area contributed by atoms with Crippen LogP contribution in [0.3, 0.4) is 0 Å². The van der Waals surface area contributed by atoms with Gasteiger partial charge in [-0.1, -0.05) is 12.1 Å². The lowest BCUT2D eigenvalue weighted by molar-refractivity contribution is 0.0564. The van der Waals surface area contributed by atoms with Crippen LogP contribution in [-0.2, 0) is 6.42 Å². The number of anilines is 1. The zero-order valence-electron chi connectivity index (χ0n) is 17.2. The Labute approximate surface area is 175 Å². The normalized spacial score (nSPS) is 16.5. The molecule has 8 heteroatoms. The number of nitrogen functional groups attached to an aromatic ring is 1. The molecule has 1 saturated heterocycles. The molecule has 3 aromatic rings. The van der Waals surface area contributed by atoms with E-state index in [9.17, 15) is 4.79 Å².